The summed E-state index contributed by atoms with van der Waals surface area (Å²) in [6.07, 6.45) is 68.6. The maximum atomic E-state index is 12.8. The summed E-state index contributed by atoms with van der Waals surface area (Å²) in [6.45, 7) is 4.31. The largest absolute Gasteiger partial charge is 0.756 e. The van der Waals surface area contributed by atoms with Crippen molar-refractivity contribution in [3.8, 4) is 0 Å². The minimum Gasteiger partial charge on any atom is -0.756 e. The van der Waals surface area contributed by atoms with Gasteiger partial charge < -0.3 is 27.9 Å². The molecule has 0 aromatic carbocycles. The highest BCUT2D eigenvalue weighted by atomic mass is 31.2. The lowest BCUT2D eigenvalue weighted by molar-refractivity contribution is -0.870. The monoisotopic (exact) mass is 1080 g/mol. The molecule has 0 aliphatic heterocycles. The van der Waals surface area contributed by atoms with Crippen LogP contribution in [-0.2, 0) is 32.7 Å². The summed E-state index contributed by atoms with van der Waals surface area (Å²) < 4.78 is 34.2. The number of quaternary nitrogens is 1. The Balaban J connectivity index is 3.97. The number of unbranched alkanes of at least 4 members (excludes halogenated alkanes) is 46. The summed E-state index contributed by atoms with van der Waals surface area (Å²) in [7, 11) is 1.19. The van der Waals surface area contributed by atoms with Crippen molar-refractivity contribution in [2.24, 2.45) is 0 Å². The van der Waals surface area contributed by atoms with E-state index in [1.807, 2.05) is 21.1 Å². The molecular weight excluding hydrogens is 954 g/mol. The quantitative estimate of drug-likeness (QED) is 0.0195. The predicted molar refractivity (Wildman–Crippen MR) is 319 cm³/mol. The van der Waals surface area contributed by atoms with Crippen LogP contribution in [0.2, 0.25) is 0 Å². The molecule has 2 unspecified atom stereocenters. The molecule has 446 valence electrons. The Hall–Kier alpha value is -1.25. The van der Waals surface area contributed by atoms with Crippen LogP contribution in [0.1, 0.15) is 341 Å². The second-order valence-electron chi connectivity index (χ2n) is 23.8. The fourth-order valence-electron chi connectivity index (χ4n) is 9.95. The topological polar surface area (TPSA) is 111 Å². The van der Waals surface area contributed by atoms with E-state index in [9.17, 15) is 19.0 Å². The molecule has 2 atom stereocenters. The molecule has 0 saturated heterocycles. The molecule has 0 heterocycles. The van der Waals surface area contributed by atoms with Gasteiger partial charge in [0.1, 0.15) is 19.8 Å². The highest BCUT2D eigenvalue weighted by Crippen LogP contribution is 2.38. The number of allylic oxidation sites excluding steroid dienone is 2. The predicted octanol–water partition coefficient (Wildman–Crippen LogP) is 20.1. The average molecular weight is 1080 g/mol. The molecule has 0 amide bonds. The van der Waals surface area contributed by atoms with Crippen LogP contribution in [0.3, 0.4) is 0 Å². The molecule has 0 aliphatic rings. The highest BCUT2D eigenvalue weighted by molar-refractivity contribution is 7.45. The molecular formula is C65H128NO8P. The maximum Gasteiger partial charge on any atom is 0.306 e. The molecule has 0 aliphatic carbocycles. The third-order valence-corrected chi connectivity index (χ3v) is 16.0. The van der Waals surface area contributed by atoms with Crippen LogP contribution in [0.15, 0.2) is 12.2 Å². The van der Waals surface area contributed by atoms with Crippen LogP contribution in [-0.4, -0.2) is 70.0 Å². The highest BCUT2D eigenvalue weighted by Gasteiger charge is 2.22. The molecule has 0 rings (SSSR count). The van der Waals surface area contributed by atoms with E-state index >= 15 is 0 Å². The summed E-state index contributed by atoms with van der Waals surface area (Å²) in [4.78, 5) is 37.9. The fraction of sp³-hybridized carbons (Fsp3) is 0.938. The van der Waals surface area contributed by atoms with Crippen LogP contribution >= 0.6 is 7.82 Å². The maximum absolute atomic E-state index is 12.8. The lowest BCUT2D eigenvalue weighted by atomic mass is 10.0. The van der Waals surface area contributed by atoms with Gasteiger partial charge in [0.15, 0.2) is 6.10 Å². The number of likely N-dealkylation sites (N-methyl/N-ethyl adjacent to an activating group) is 1. The SMILES string of the molecule is CCCCCCCCCC/C=C\CCCCCCCCCCCCCCCCCCCCCCCC(=O)OC(COC(=O)CCCCCCCCCCCCCCCCCCCC)COP(=O)([O-])OCC[N+](C)(C)C. The van der Waals surface area contributed by atoms with E-state index in [4.69, 9.17) is 18.5 Å². The smallest absolute Gasteiger partial charge is 0.306 e. The van der Waals surface area contributed by atoms with Gasteiger partial charge in [-0.25, -0.2) is 0 Å². The van der Waals surface area contributed by atoms with E-state index in [0.29, 0.717) is 17.4 Å². The zero-order valence-electron chi connectivity index (χ0n) is 50.8. The second kappa shape index (κ2) is 57.4. The number of nitrogens with zero attached hydrogens (tertiary/aromatic N) is 1. The third-order valence-electron chi connectivity index (χ3n) is 15.0. The zero-order chi connectivity index (χ0) is 54.9. The van der Waals surface area contributed by atoms with Gasteiger partial charge >= 0.3 is 11.9 Å². The number of esters is 2. The van der Waals surface area contributed by atoms with E-state index in [-0.39, 0.29) is 32.0 Å². The molecule has 0 radical (unpaired) electrons. The van der Waals surface area contributed by atoms with Crippen LogP contribution < -0.4 is 4.89 Å². The van der Waals surface area contributed by atoms with Crippen molar-refractivity contribution in [1.82, 2.24) is 0 Å². The van der Waals surface area contributed by atoms with Gasteiger partial charge in [0.2, 0.25) is 0 Å². The first kappa shape index (κ1) is 73.8. The molecule has 9 nitrogen and oxygen atoms in total. The lowest BCUT2D eigenvalue weighted by Gasteiger charge is -2.28. The van der Waals surface area contributed by atoms with Crippen molar-refractivity contribution in [3.05, 3.63) is 12.2 Å². The van der Waals surface area contributed by atoms with Crippen LogP contribution in [0, 0.1) is 0 Å². The molecule has 0 N–H and O–H groups in total. The van der Waals surface area contributed by atoms with Crippen molar-refractivity contribution < 1.29 is 42.1 Å². The van der Waals surface area contributed by atoms with Gasteiger partial charge in [-0.2, -0.15) is 0 Å². The standard InChI is InChI=1S/C65H128NO8P/c1-6-8-10-12-14-16-18-20-22-24-26-27-28-29-30-31-32-33-34-35-36-37-38-39-40-42-44-46-48-50-52-54-56-58-65(68)74-63(62-73-75(69,70)72-60-59-66(3,4)5)61-71-64(67)57-55-53-51-49-47-45-43-41-25-23-21-19-17-15-13-11-9-7-2/h24,26,63H,6-23,25,27-62H2,1-5H3/b26-24-. The summed E-state index contributed by atoms with van der Waals surface area (Å²) in [5.74, 6) is -0.809. The van der Waals surface area contributed by atoms with E-state index in [1.165, 1.54) is 276 Å². The molecule has 75 heavy (non-hydrogen) atoms. The first-order chi connectivity index (χ1) is 36.5. The first-order valence-corrected chi connectivity index (χ1v) is 34.4. The number of carbonyl (C=O) groups is 2. The molecule has 0 aromatic rings. The molecule has 0 fully saturated rings. The van der Waals surface area contributed by atoms with Gasteiger partial charge in [0, 0.05) is 12.8 Å². The Kier molecular flexibility index (Phi) is 56.5. The van der Waals surface area contributed by atoms with Crippen molar-refractivity contribution in [3.63, 3.8) is 0 Å². The van der Waals surface area contributed by atoms with Crippen molar-refractivity contribution in [1.29, 1.82) is 0 Å². The summed E-state index contributed by atoms with van der Waals surface area (Å²) in [5.41, 5.74) is 0. The molecule has 0 aromatic heterocycles. The number of rotatable bonds is 62. The second-order valence-corrected chi connectivity index (χ2v) is 25.3. The van der Waals surface area contributed by atoms with E-state index in [1.54, 1.807) is 0 Å². The van der Waals surface area contributed by atoms with E-state index < -0.39 is 26.5 Å². The van der Waals surface area contributed by atoms with Crippen LogP contribution in [0.25, 0.3) is 0 Å². The van der Waals surface area contributed by atoms with Gasteiger partial charge in [-0.15, -0.1) is 0 Å². The Labute approximate surface area is 466 Å². The van der Waals surface area contributed by atoms with Crippen LogP contribution in [0.5, 0.6) is 0 Å². The number of hydrogen-bond donors (Lipinski definition) is 0. The van der Waals surface area contributed by atoms with Gasteiger partial charge in [-0.1, -0.05) is 302 Å². The Morgan fingerprint density at radius 2 is 0.680 bits per heavy atom. The third kappa shape index (κ3) is 61.8. The van der Waals surface area contributed by atoms with Gasteiger partial charge in [0.25, 0.3) is 7.82 Å². The lowest BCUT2D eigenvalue weighted by Crippen LogP contribution is -2.37. The Bertz CT molecular complexity index is 1270. The van der Waals surface area contributed by atoms with E-state index in [2.05, 4.69) is 26.0 Å². The minimum absolute atomic E-state index is 0.0259. The number of carbonyl (C=O) groups excluding carboxylic acids is 2. The van der Waals surface area contributed by atoms with Gasteiger partial charge in [-0.05, 0) is 38.5 Å². The fourth-order valence-corrected chi connectivity index (χ4v) is 10.7. The summed E-state index contributed by atoms with van der Waals surface area (Å²) in [5, 5.41) is 0. The summed E-state index contributed by atoms with van der Waals surface area (Å²) in [6, 6.07) is 0. The normalized spacial score (nSPS) is 13.2. The Morgan fingerprint density at radius 1 is 0.400 bits per heavy atom. The van der Waals surface area contributed by atoms with Crippen molar-refractivity contribution in [2.45, 2.75) is 347 Å². The molecule has 0 spiro atoms. The molecule has 10 heteroatoms. The first-order valence-electron chi connectivity index (χ1n) is 32.9. The molecule has 0 saturated carbocycles. The van der Waals surface area contributed by atoms with Crippen LogP contribution in [0.4, 0.5) is 0 Å². The van der Waals surface area contributed by atoms with E-state index in [0.717, 1.165) is 32.1 Å². The average Bonchev–Trinajstić information content (AvgIpc) is 3.37. The number of hydrogen-bond acceptors (Lipinski definition) is 8. The van der Waals surface area contributed by atoms with Crippen molar-refractivity contribution in [2.75, 3.05) is 47.5 Å². The van der Waals surface area contributed by atoms with Gasteiger partial charge in [0.05, 0.1) is 27.7 Å². The van der Waals surface area contributed by atoms with Crippen molar-refractivity contribution >= 4 is 19.8 Å². The zero-order valence-corrected chi connectivity index (χ0v) is 51.7. The number of ether oxygens (including phenoxy) is 2. The number of phosphoric acid groups is 1. The summed E-state index contributed by atoms with van der Waals surface area (Å²) >= 11 is 0. The Morgan fingerprint density at radius 3 is 0.987 bits per heavy atom. The number of phosphoric ester groups is 1. The molecule has 0 bridgehead atoms. The van der Waals surface area contributed by atoms with Gasteiger partial charge in [-0.3, -0.25) is 14.2 Å². The minimum atomic E-state index is -4.63.